The molecule has 9 heteroatoms. The van der Waals surface area contributed by atoms with E-state index in [1.54, 1.807) is 25.1 Å². The number of ether oxygens (including phenoxy) is 2. The number of amides is 1. The number of aromatic carboxylic acids is 1. The number of carboxylic acid groups (broad SMARTS) is 1. The van der Waals surface area contributed by atoms with E-state index in [9.17, 15) is 20.0 Å². The molecule has 0 aliphatic heterocycles. The summed E-state index contributed by atoms with van der Waals surface area (Å²) in [6.07, 6.45) is 1.37. The summed E-state index contributed by atoms with van der Waals surface area (Å²) in [4.78, 5) is 23.5. The molecule has 3 aromatic rings. The van der Waals surface area contributed by atoms with Crippen LogP contribution in [0.15, 0.2) is 66.2 Å². The number of phenolic OH excluding ortho intramolecular Hbond substituents is 1. The molecule has 0 aliphatic carbocycles. The first-order chi connectivity index (χ1) is 16.8. The van der Waals surface area contributed by atoms with Gasteiger partial charge >= 0.3 is 5.97 Å². The predicted molar refractivity (Wildman–Crippen MR) is 131 cm³/mol. The van der Waals surface area contributed by atoms with Gasteiger partial charge in [-0.1, -0.05) is 23.7 Å². The summed E-state index contributed by atoms with van der Waals surface area (Å²) in [7, 11) is 0. The molecular formula is C26H21ClN2O6. The fourth-order valence-corrected chi connectivity index (χ4v) is 3.31. The summed E-state index contributed by atoms with van der Waals surface area (Å²) in [5, 5.41) is 30.7. The van der Waals surface area contributed by atoms with Gasteiger partial charge in [-0.3, -0.25) is 4.79 Å². The third kappa shape index (κ3) is 6.76. The van der Waals surface area contributed by atoms with E-state index in [0.29, 0.717) is 23.6 Å². The van der Waals surface area contributed by atoms with Crippen molar-refractivity contribution in [2.75, 3.05) is 11.9 Å². The van der Waals surface area contributed by atoms with Crippen LogP contribution in [0.25, 0.3) is 6.08 Å². The third-order valence-electron chi connectivity index (χ3n) is 4.72. The first kappa shape index (κ1) is 25.1. The monoisotopic (exact) mass is 492 g/mol. The number of nitrogens with zero attached hydrogens (tertiary/aromatic N) is 1. The van der Waals surface area contributed by atoms with Gasteiger partial charge in [-0.05, 0) is 72.7 Å². The molecule has 35 heavy (non-hydrogen) atoms. The summed E-state index contributed by atoms with van der Waals surface area (Å²) < 4.78 is 11.5. The van der Waals surface area contributed by atoms with Gasteiger partial charge in [0.05, 0.1) is 17.2 Å². The Hall–Kier alpha value is -4.48. The highest BCUT2D eigenvalue weighted by atomic mass is 35.5. The van der Waals surface area contributed by atoms with E-state index in [1.165, 1.54) is 48.5 Å². The van der Waals surface area contributed by atoms with E-state index >= 15 is 0 Å². The highest BCUT2D eigenvalue weighted by molar-refractivity contribution is 6.32. The van der Waals surface area contributed by atoms with E-state index < -0.39 is 11.9 Å². The lowest BCUT2D eigenvalue weighted by Gasteiger charge is -2.15. The van der Waals surface area contributed by atoms with E-state index in [1.807, 2.05) is 6.07 Å². The Kier molecular flexibility index (Phi) is 8.33. The zero-order valence-electron chi connectivity index (χ0n) is 18.6. The largest absolute Gasteiger partial charge is 0.508 e. The number of rotatable bonds is 9. The molecule has 0 aliphatic rings. The zero-order valence-corrected chi connectivity index (χ0v) is 19.4. The number of aromatic hydroxyl groups is 1. The quantitative estimate of drug-likeness (QED) is 0.211. The van der Waals surface area contributed by atoms with Crippen LogP contribution in [0.3, 0.4) is 0 Å². The summed E-state index contributed by atoms with van der Waals surface area (Å²) >= 11 is 6.43. The molecule has 0 heterocycles. The molecule has 0 aromatic heterocycles. The van der Waals surface area contributed by atoms with Gasteiger partial charge in [0.15, 0.2) is 11.5 Å². The van der Waals surface area contributed by atoms with Gasteiger partial charge in [-0.15, -0.1) is 0 Å². The first-order valence-corrected chi connectivity index (χ1v) is 10.8. The Bertz CT molecular complexity index is 1300. The van der Waals surface area contributed by atoms with Crippen LogP contribution < -0.4 is 14.8 Å². The number of hydrogen-bond acceptors (Lipinski definition) is 6. The molecule has 0 saturated carbocycles. The lowest BCUT2D eigenvalue weighted by atomic mass is 10.1. The van der Waals surface area contributed by atoms with Crippen LogP contribution >= 0.6 is 11.6 Å². The Morgan fingerprint density at radius 1 is 1.09 bits per heavy atom. The van der Waals surface area contributed by atoms with E-state index in [2.05, 4.69) is 5.32 Å². The smallest absolute Gasteiger partial charge is 0.335 e. The minimum atomic E-state index is -1.02. The normalized spacial score (nSPS) is 10.8. The first-order valence-electron chi connectivity index (χ1n) is 10.4. The van der Waals surface area contributed by atoms with Gasteiger partial charge in [0.1, 0.15) is 24.0 Å². The van der Waals surface area contributed by atoms with Crippen molar-refractivity contribution >= 4 is 35.2 Å². The van der Waals surface area contributed by atoms with Crippen molar-refractivity contribution in [3.05, 3.63) is 87.9 Å². The number of carbonyl (C=O) groups is 2. The maximum absolute atomic E-state index is 12.5. The molecule has 8 nitrogen and oxygen atoms in total. The van der Waals surface area contributed by atoms with Gasteiger partial charge in [0, 0.05) is 5.69 Å². The number of benzene rings is 3. The molecule has 0 radical (unpaired) electrons. The van der Waals surface area contributed by atoms with Crippen LogP contribution in [0.5, 0.6) is 17.2 Å². The van der Waals surface area contributed by atoms with Crippen LogP contribution in [0.1, 0.15) is 28.4 Å². The zero-order chi connectivity index (χ0) is 25.4. The number of nitrogens with one attached hydrogen (secondary N) is 1. The average Bonchev–Trinajstić information content (AvgIpc) is 2.83. The van der Waals surface area contributed by atoms with E-state index in [-0.39, 0.29) is 34.3 Å². The molecule has 0 fully saturated rings. The van der Waals surface area contributed by atoms with Gasteiger partial charge in [0.2, 0.25) is 0 Å². The van der Waals surface area contributed by atoms with Gasteiger partial charge in [0.25, 0.3) is 5.91 Å². The second-order valence-corrected chi connectivity index (χ2v) is 7.63. The molecule has 0 bridgehead atoms. The molecule has 3 aromatic carbocycles. The van der Waals surface area contributed by atoms with Gasteiger partial charge in [-0.25, -0.2) is 4.79 Å². The second-order valence-electron chi connectivity index (χ2n) is 7.22. The fraction of sp³-hybridized carbons (Fsp3) is 0.115. The summed E-state index contributed by atoms with van der Waals surface area (Å²) in [5.41, 5.74) is 1.61. The van der Waals surface area contributed by atoms with Gasteiger partial charge in [-0.2, -0.15) is 5.26 Å². The number of carbonyl (C=O) groups excluding carboxylic acids is 1. The minimum absolute atomic E-state index is 0.0525. The van der Waals surface area contributed by atoms with Crippen molar-refractivity contribution < 1.29 is 29.3 Å². The number of phenols is 1. The Morgan fingerprint density at radius 3 is 2.37 bits per heavy atom. The molecule has 3 rings (SSSR count). The topological polar surface area (TPSA) is 129 Å². The molecule has 1 amide bonds. The predicted octanol–water partition coefficient (Wildman–Crippen LogP) is 5.27. The molecular weight excluding hydrogens is 472 g/mol. The standard InChI is InChI=1S/C26H21ClN2O6/c1-2-34-23-13-17(11-19(14-28)25(31)29-20-7-9-21(30)10-8-20)12-22(27)24(23)35-15-16-3-5-18(6-4-16)26(32)33/h3-13,30H,2,15H2,1H3,(H,29,31)(H,32,33)/b19-11+. The maximum atomic E-state index is 12.5. The number of anilines is 1. The minimum Gasteiger partial charge on any atom is -0.508 e. The maximum Gasteiger partial charge on any atom is 0.335 e. The lowest BCUT2D eigenvalue weighted by Crippen LogP contribution is -2.13. The SMILES string of the molecule is CCOc1cc(/C=C(\C#N)C(=O)Nc2ccc(O)cc2)cc(Cl)c1OCc1ccc(C(=O)O)cc1. The number of halogens is 1. The van der Waals surface area contributed by atoms with Crippen molar-refractivity contribution in [1.82, 2.24) is 0 Å². The summed E-state index contributed by atoms with van der Waals surface area (Å²) in [6, 6.07) is 17.1. The molecule has 178 valence electrons. The number of hydrogen-bond donors (Lipinski definition) is 3. The van der Waals surface area contributed by atoms with Crippen molar-refractivity contribution in [2.24, 2.45) is 0 Å². The molecule has 0 unspecified atom stereocenters. The number of carboxylic acids is 1. The molecule has 0 spiro atoms. The highest BCUT2D eigenvalue weighted by Gasteiger charge is 2.15. The Labute approximate surface area is 206 Å². The van der Waals surface area contributed by atoms with Crippen molar-refractivity contribution in [3.63, 3.8) is 0 Å². The molecule has 0 saturated heterocycles. The highest BCUT2D eigenvalue weighted by Crippen LogP contribution is 2.38. The number of nitriles is 1. The van der Waals surface area contributed by atoms with Crippen LogP contribution in [-0.4, -0.2) is 28.7 Å². The van der Waals surface area contributed by atoms with Crippen LogP contribution in [0, 0.1) is 11.3 Å². The Balaban J connectivity index is 1.81. The van der Waals surface area contributed by atoms with Crippen molar-refractivity contribution in [2.45, 2.75) is 13.5 Å². The van der Waals surface area contributed by atoms with Crippen molar-refractivity contribution in [1.29, 1.82) is 5.26 Å². The second kappa shape index (κ2) is 11.6. The summed E-state index contributed by atoms with van der Waals surface area (Å²) in [6.45, 7) is 2.23. The van der Waals surface area contributed by atoms with Crippen molar-refractivity contribution in [3.8, 4) is 23.3 Å². The average molecular weight is 493 g/mol. The van der Waals surface area contributed by atoms with Crippen LogP contribution in [-0.2, 0) is 11.4 Å². The van der Waals surface area contributed by atoms with E-state index in [4.69, 9.17) is 26.2 Å². The van der Waals surface area contributed by atoms with E-state index in [0.717, 1.165) is 5.56 Å². The van der Waals surface area contributed by atoms with Crippen LogP contribution in [0.2, 0.25) is 5.02 Å². The van der Waals surface area contributed by atoms with Crippen LogP contribution in [0.4, 0.5) is 5.69 Å². The molecule has 3 N–H and O–H groups in total. The third-order valence-corrected chi connectivity index (χ3v) is 5.00. The lowest BCUT2D eigenvalue weighted by molar-refractivity contribution is -0.112. The molecule has 0 atom stereocenters. The fourth-order valence-electron chi connectivity index (χ4n) is 3.03. The Morgan fingerprint density at radius 2 is 1.77 bits per heavy atom. The summed E-state index contributed by atoms with van der Waals surface area (Å²) in [5.74, 6) is -0.991. The van der Waals surface area contributed by atoms with Gasteiger partial charge < -0.3 is 25.0 Å².